The first-order valence-electron chi connectivity index (χ1n) is 6.33. The highest BCUT2D eigenvalue weighted by Crippen LogP contribution is 2.15. The molecule has 3 nitrogen and oxygen atoms in total. The van der Waals surface area contributed by atoms with Crippen LogP contribution in [0.3, 0.4) is 0 Å². The Bertz CT molecular complexity index is 713. The number of aliphatic hydroxyl groups excluding tert-OH is 1. The van der Waals surface area contributed by atoms with Gasteiger partial charge in [-0.1, -0.05) is 11.8 Å². The van der Waals surface area contributed by atoms with Gasteiger partial charge in [-0.25, -0.2) is 4.39 Å². The number of thiophene rings is 1. The Morgan fingerprint density at radius 1 is 1.38 bits per heavy atom. The van der Waals surface area contributed by atoms with E-state index < -0.39 is 11.7 Å². The number of benzene rings is 1. The van der Waals surface area contributed by atoms with Gasteiger partial charge >= 0.3 is 0 Å². The van der Waals surface area contributed by atoms with E-state index in [0.717, 1.165) is 9.75 Å². The van der Waals surface area contributed by atoms with Gasteiger partial charge in [0.25, 0.3) is 5.91 Å². The molecule has 21 heavy (non-hydrogen) atoms. The van der Waals surface area contributed by atoms with Crippen LogP contribution in [-0.2, 0) is 6.54 Å². The second kappa shape index (κ2) is 7.02. The van der Waals surface area contributed by atoms with Crippen molar-refractivity contribution in [3.8, 4) is 11.8 Å². The predicted octanol–water partition coefficient (Wildman–Crippen LogP) is 2.47. The number of rotatable bonds is 3. The average Bonchev–Trinajstić information content (AvgIpc) is 2.89. The molecular weight excluding hydrogens is 289 g/mol. The molecule has 0 bridgehead atoms. The van der Waals surface area contributed by atoms with Crippen LogP contribution in [0.25, 0.3) is 0 Å². The van der Waals surface area contributed by atoms with Crippen LogP contribution in [0.4, 0.5) is 4.39 Å². The van der Waals surface area contributed by atoms with E-state index in [0.29, 0.717) is 12.1 Å². The van der Waals surface area contributed by atoms with Crippen LogP contribution in [0.2, 0.25) is 0 Å². The molecule has 5 heteroatoms. The maximum atomic E-state index is 13.7. The van der Waals surface area contributed by atoms with Crippen LogP contribution in [0.5, 0.6) is 0 Å². The van der Waals surface area contributed by atoms with Crippen molar-refractivity contribution >= 4 is 17.2 Å². The number of carbonyl (C=O) groups is 1. The molecule has 2 rings (SSSR count). The van der Waals surface area contributed by atoms with Gasteiger partial charge in [0.15, 0.2) is 0 Å². The van der Waals surface area contributed by atoms with Gasteiger partial charge < -0.3 is 10.4 Å². The van der Waals surface area contributed by atoms with E-state index in [-0.39, 0.29) is 12.2 Å². The summed E-state index contributed by atoms with van der Waals surface area (Å²) in [6.45, 7) is 2.07. The van der Waals surface area contributed by atoms with E-state index in [1.54, 1.807) is 11.3 Å². The second-order valence-corrected chi connectivity index (χ2v) is 5.72. The standard InChI is InChI=1S/C16H14FNO2S/c1-11-4-6-13(21-11)10-18-16(20)14-9-12(3-2-8-19)5-7-15(14)17/h4-7,9,19H,8,10H2,1H3,(H,18,20). The average molecular weight is 303 g/mol. The summed E-state index contributed by atoms with van der Waals surface area (Å²) in [6, 6.07) is 7.95. The van der Waals surface area contributed by atoms with Crippen LogP contribution in [0.1, 0.15) is 25.7 Å². The van der Waals surface area contributed by atoms with Gasteiger partial charge in [0.1, 0.15) is 12.4 Å². The zero-order valence-electron chi connectivity index (χ0n) is 11.4. The molecule has 2 N–H and O–H groups in total. The van der Waals surface area contributed by atoms with E-state index in [2.05, 4.69) is 17.2 Å². The summed E-state index contributed by atoms with van der Waals surface area (Å²) < 4.78 is 13.7. The number of halogens is 1. The molecule has 0 spiro atoms. The molecule has 1 heterocycles. The molecule has 0 aliphatic carbocycles. The maximum absolute atomic E-state index is 13.7. The van der Waals surface area contributed by atoms with Crippen molar-refractivity contribution in [3.05, 3.63) is 57.0 Å². The van der Waals surface area contributed by atoms with Crippen LogP contribution >= 0.6 is 11.3 Å². The normalized spacial score (nSPS) is 9.86. The van der Waals surface area contributed by atoms with Gasteiger partial charge in [0.05, 0.1) is 12.1 Å². The summed E-state index contributed by atoms with van der Waals surface area (Å²) in [4.78, 5) is 14.2. The van der Waals surface area contributed by atoms with E-state index in [4.69, 9.17) is 5.11 Å². The third-order valence-electron chi connectivity index (χ3n) is 2.74. The highest BCUT2D eigenvalue weighted by molar-refractivity contribution is 7.11. The van der Waals surface area contributed by atoms with Crippen molar-refractivity contribution < 1.29 is 14.3 Å². The number of hydrogen-bond acceptors (Lipinski definition) is 3. The Hall–Kier alpha value is -2.16. The number of aliphatic hydroxyl groups is 1. The lowest BCUT2D eigenvalue weighted by Gasteiger charge is -2.05. The SMILES string of the molecule is Cc1ccc(CNC(=O)c2cc(C#CCO)ccc2F)s1. The van der Waals surface area contributed by atoms with Crippen molar-refractivity contribution in [1.29, 1.82) is 0 Å². The van der Waals surface area contributed by atoms with Gasteiger partial charge in [-0.3, -0.25) is 4.79 Å². The first-order chi connectivity index (χ1) is 10.1. The smallest absolute Gasteiger partial charge is 0.254 e. The molecule has 0 fully saturated rings. The lowest BCUT2D eigenvalue weighted by atomic mass is 10.1. The maximum Gasteiger partial charge on any atom is 0.254 e. The molecule has 1 amide bonds. The molecule has 0 unspecified atom stereocenters. The Labute approximate surface area is 126 Å². The fraction of sp³-hybridized carbons (Fsp3) is 0.188. The number of hydrogen-bond donors (Lipinski definition) is 2. The lowest BCUT2D eigenvalue weighted by Crippen LogP contribution is -2.23. The summed E-state index contributed by atoms with van der Waals surface area (Å²) in [5.41, 5.74) is 0.440. The number of aryl methyl sites for hydroxylation is 1. The van der Waals surface area contributed by atoms with Crippen molar-refractivity contribution in [1.82, 2.24) is 5.32 Å². The molecule has 0 saturated heterocycles. The molecule has 1 aromatic heterocycles. The van der Waals surface area contributed by atoms with Gasteiger partial charge in [-0.15, -0.1) is 11.3 Å². The summed E-state index contributed by atoms with van der Waals surface area (Å²) in [7, 11) is 0. The van der Waals surface area contributed by atoms with Gasteiger partial charge in [0.2, 0.25) is 0 Å². The molecule has 0 radical (unpaired) electrons. The van der Waals surface area contributed by atoms with Crippen molar-refractivity contribution in [2.45, 2.75) is 13.5 Å². The predicted molar refractivity (Wildman–Crippen MR) is 80.6 cm³/mol. The summed E-state index contributed by atoms with van der Waals surface area (Å²) in [6.07, 6.45) is 0. The topological polar surface area (TPSA) is 49.3 Å². The summed E-state index contributed by atoms with van der Waals surface area (Å²) in [5.74, 6) is 4.04. The van der Waals surface area contributed by atoms with Crippen molar-refractivity contribution in [2.75, 3.05) is 6.61 Å². The molecule has 0 atom stereocenters. The van der Waals surface area contributed by atoms with Gasteiger partial charge in [-0.2, -0.15) is 0 Å². The number of nitrogens with one attached hydrogen (secondary N) is 1. The molecule has 2 aromatic rings. The van der Waals surface area contributed by atoms with E-state index in [9.17, 15) is 9.18 Å². The monoisotopic (exact) mass is 303 g/mol. The summed E-state index contributed by atoms with van der Waals surface area (Å²) in [5, 5.41) is 11.3. The minimum atomic E-state index is -0.593. The number of amides is 1. The van der Waals surface area contributed by atoms with Gasteiger partial charge in [-0.05, 0) is 37.3 Å². The second-order valence-electron chi connectivity index (χ2n) is 4.35. The molecule has 0 aliphatic heterocycles. The minimum absolute atomic E-state index is 0.0481. The molecule has 1 aromatic carbocycles. The van der Waals surface area contributed by atoms with Crippen LogP contribution in [0.15, 0.2) is 30.3 Å². The zero-order chi connectivity index (χ0) is 15.2. The third kappa shape index (κ3) is 4.15. The van der Waals surface area contributed by atoms with Crippen LogP contribution in [-0.4, -0.2) is 17.6 Å². The lowest BCUT2D eigenvalue weighted by molar-refractivity contribution is 0.0947. The van der Waals surface area contributed by atoms with Crippen LogP contribution < -0.4 is 5.32 Å². The third-order valence-corrected chi connectivity index (χ3v) is 3.74. The highest BCUT2D eigenvalue weighted by atomic mass is 32.1. The molecular formula is C16H14FNO2S. The summed E-state index contributed by atoms with van der Waals surface area (Å²) >= 11 is 1.58. The highest BCUT2D eigenvalue weighted by Gasteiger charge is 2.12. The van der Waals surface area contributed by atoms with Crippen molar-refractivity contribution in [3.63, 3.8) is 0 Å². The quantitative estimate of drug-likeness (QED) is 0.856. The zero-order valence-corrected chi connectivity index (χ0v) is 12.3. The first kappa shape index (κ1) is 15.2. The fourth-order valence-corrected chi connectivity index (χ4v) is 2.59. The fourth-order valence-electron chi connectivity index (χ4n) is 1.76. The van der Waals surface area contributed by atoms with Crippen LogP contribution in [0, 0.1) is 24.6 Å². The van der Waals surface area contributed by atoms with E-state index in [1.165, 1.54) is 18.2 Å². The molecule has 0 saturated carbocycles. The largest absolute Gasteiger partial charge is 0.384 e. The van der Waals surface area contributed by atoms with E-state index >= 15 is 0 Å². The Morgan fingerprint density at radius 3 is 2.86 bits per heavy atom. The Balaban J connectivity index is 2.10. The molecule has 108 valence electrons. The van der Waals surface area contributed by atoms with E-state index in [1.807, 2.05) is 19.1 Å². The Kier molecular flexibility index (Phi) is 5.09. The number of carbonyl (C=O) groups excluding carboxylic acids is 1. The Morgan fingerprint density at radius 2 is 2.19 bits per heavy atom. The van der Waals surface area contributed by atoms with Gasteiger partial charge in [0, 0.05) is 15.3 Å². The molecule has 0 aliphatic rings. The first-order valence-corrected chi connectivity index (χ1v) is 7.14. The minimum Gasteiger partial charge on any atom is -0.384 e. The van der Waals surface area contributed by atoms with Crippen molar-refractivity contribution in [2.24, 2.45) is 0 Å².